The first-order valence-electron chi connectivity index (χ1n) is 10.9. The zero-order chi connectivity index (χ0) is 24.4. The quantitative estimate of drug-likeness (QED) is 0.307. The van der Waals surface area contributed by atoms with E-state index in [-0.39, 0.29) is 18.3 Å². The summed E-state index contributed by atoms with van der Waals surface area (Å²) in [4.78, 5) is 13.7. The van der Waals surface area contributed by atoms with Crippen molar-refractivity contribution in [3.8, 4) is 11.4 Å². The molecule has 4 N–H and O–H groups in total. The average Bonchev–Trinajstić information content (AvgIpc) is 3.29. The molecule has 0 radical (unpaired) electrons. The average molecular weight is 490 g/mol. The van der Waals surface area contributed by atoms with Crippen LogP contribution in [0.4, 0.5) is 17.5 Å². The fourth-order valence-electron chi connectivity index (χ4n) is 3.82. The number of aliphatic hydroxyl groups is 1. The van der Waals surface area contributed by atoms with Crippen LogP contribution in [0.15, 0.2) is 65.7 Å². The van der Waals surface area contributed by atoms with E-state index in [2.05, 4.69) is 35.8 Å². The largest absolute Gasteiger partial charge is 0.394 e. The van der Waals surface area contributed by atoms with Crippen LogP contribution < -0.4 is 10.6 Å². The summed E-state index contributed by atoms with van der Waals surface area (Å²) in [6.45, 7) is 1.64. The Labute approximate surface area is 202 Å². The van der Waals surface area contributed by atoms with Crippen LogP contribution in [0.3, 0.4) is 0 Å². The number of rotatable bonds is 7. The van der Waals surface area contributed by atoms with Crippen molar-refractivity contribution in [3.05, 3.63) is 77.8 Å². The van der Waals surface area contributed by atoms with E-state index >= 15 is 0 Å². The van der Waals surface area contributed by atoms with Gasteiger partial charge in [-0.15, -0.1) is 0 Å². The minimum absolute atomic E-state index is 0.000512. The fraction of sp³-hybridized carbons (Fsp3) is 0.167. The van der Waals surface area contributed by atoms with Crippen molar-refractivity contribution >= 4 is 33.4 Å². The summed E-state index contributed by atoms with van der Waals surface area (Å²) >= 11 is 0. The van der Waals surface area contributed by atoms with Crippen molar-refractivity contribution in [3.63, 3.8) is 0 Å². The Bertz CT molecular complexity index is 1500. The van der Waals surface area contributed by atoms with Crippen LogP contribution in [0.2, 0.25) is 0 Å². The van der Waals surface area contributed by atoms with Gasteiger partial charge < -0.3 is 15.7 Å². The number of benzene rings is 2. The molecule has 1 aliphatic heterocycles. The summed E-state index contributed by atoms with van der Waals surface area (Å²) in [7, 11) is -3.31. The third-order valence-corrected chi connectivity index (χ3v) is 7.21. The van der Waals surface area contributed by atoms with Crippen LogP contribution in [-0.4, -0.2) is 51.0 Å². The highest BCUT2D eigenvalue weighted by molar-refractivity contribution is 7.91. The second-order valence-corrected chi connectivity index (χ2v) is 10.1. The second kappa shape index (κ2) is 9.28. The predicted octanol–water partition coefficient (Wildman–Crippen LogP) is 3.26. The number of aromatic amines is 1. The Balaban J connectivity index is 1.49. The topological polar surface area (TPSA) is 146 Å². The molecule has 3 heterocycles. The summed E-state index contributed by atoms with van der Waals surface area (Å²) in [5.74, 6) is 1.79. The Kier molecular flexibility index (Phi) is 6.01. The molecule has 0 aliphatic carbocycles. The van der Waals surface area contributed by atoms with Gasteiger partial charge in [0.2, 0.25) is 5.95 Å². The second-order valence-electron chi connectivity index (χ2n) is 8.05. The van der Waals surface area contributed by atoms with E-state index < -0.39 is 15.9 Å². The molecule has 35 heavy (non-hydrogen) atoms. The van der Waals surface area contributed by atoms with Crippen LogP contribution >= 0.6 is 0 Å². The van der Waals surface area contributed by atoms with Crippen LogP contribution in [0.5, 0.6) is 0 Å². The molecule has 0 amide bonds. The minimum atomic E-state index is -3.31. The number of hydrogen-bond donors (Lipinski definition) is 4. The van der Waals surface area contributed by atoms with Crippen LogP contribution in [0.1, 0.15) is 23.0 Å². The number of nitrogens with zero attached hydrogens (tertiary/aromatic N) is 4. The molecule has 178 valence electrons. The van der Waals surface area contributed by atoms with E-state index in [9.17, 15) is 13.5 Å². The van der Waals surface area contributed by atoms with Gasteiger partial charge in [0, 0.05) is 11.9 Å². The van der Waals surface area contributed by atoms with E-state index in [1.54, 1.807) is 43.5 Å². The Morgan fingerprint density at radius 2 is 1.97 bits per heavy atom. The van der Waals surface area contributed by atoms with E-state index in [0.29, 0.717) is 39.2 Å². The van der Waals surface area contributed by atoms with Gasteiger partial charge in [-0.2, -0.15) is 10.1 Å². The SMILES string of the molecule is Cc1nc(-c2cnc(Nc3ccc4c(c3)C=CCS4(=O)=O)nc2N[C@H](CO)c2ccccc2)n[nH]1. The van der Waals surface area contributed by atoms with Crippen molar-refractivity contribution in [2.24, 2.45) is 0 Å². The summed E-state index contributed by atoms with van der Waals surface area (Å²) in [6.07, 6.45) is 5.02. The lowest BCUT2D eigenvalue weighted by atomic mass is 10.1. The molecule has 0 saturated carbocycles. The number of fused-ring (bicyclic) bond motifs is 1. The molecule has 4 aromatic rings. The predicted molar refractivity (Wildman–Crippen MR) is 133 cm³/mol. The molecule has 11 heteroatoms. The molecule has 0 unspecified atom stereocenters. The zero-order valence-electron chi connectivity index (χ0n) is 18.8. The Morgan fingerprint density at radius 3 is 2.71 bits per heavy atom. The Hall–Kier alpha value is -4.09. The third-order valence-electron chi connectivity index (χ3n) is 5.54. The van der Waals surface area contributed by atoms with Gasteiger partial charge in [0.25, 0.3) is 0 Å². The van der Waals surface area contributed by atoms with Gasteiger partial charge in [0.1, 0.15) is 11.6 Å². The van der Waals surface area contributed by atoms with Crippen molar-refractivity contribution in [2.75, 3.05) is 23.0 Å². The van der Waals surface area contributed by atoms with E-state index in [4.69, 9.17) is 0 Å². The lowest BCUT2D eigenvalue weighted by molar-refractivity contribution is 0.276. The highest BCUT2D eigenvalue weighted by Gasteiger charge is 2.21. The third kappa shape index (κ3) is 4.77. The summed E-state index contributed by atoms with van der Waals surface area (Å²) in [5, 5.41) is 23.5. The number of aromatic nitrogens is 5. The van der Waals surface area contributed by atoms with Crippen molar-refractivity contribution in [1.82, 2.24) is 25.1 Å². The van der Waals surface area contributed by atoms with Crippen LogP contribution in [0, 0.1) is 6.92 Å². The van der Waals surface area contributed by atoms with Gasteiger partial charge in [-0.05, 0) is 36.2 Å². The summed E-state index contributed by atoms with van der Waals surface area (Å²) in [5.41, 5.74) is 2.70. The normalized spacial score (nSPS) is 14.8. The van der Waals surface area contributed by atoms with Crippen LogP contribution in [0.25, 0.3) is 17.5 Å². The lowest BCUT2D eigenvalue weighted by Crippen LogP contribution is -2.17. The zero-order valence-corrected chi connectivity index (χ0v) is 19.6. The first kappa shape index (κ1) is 22.7. The van der Waals surface area contributed by atoms with Gasteiger partial charge in [-0.1, -0.05) is 42.5 Å². The minimum Gasteiger partial charge on any atom is -0.394 e. The molecular formula is C24H23N7O3S. The van der Waals surface area contributed by atoms with Crippen molar-refractivity contribution in [1.29, 1.82) is 0 Å². The van der Waals surface area contributed by atoms with E-state index in [1.165, 1.54) is 0 Å². The molecule has 2 aromatic carbocycles. The number of aliphatic hydroxyl groups excluding tert-OH is 1. The first-order chi connectivity index (χ1) is 16.9. The maximum Gasteiger partial charge on any atom is 0.229 e. The van der Waals surface area contributed by atoms with E-state index in [0.717, 1.165) is 5.56 Å². The maximum absolute atomic E-state index is 12.3. The Morgan fingerprint density at radius 1 is 1.14 bits per heavy atom. The number of nitrogens with one attached hydrogen (secondary N) is 3. The van der Waals surface area contributed by atoms with Crippen molar-refractivity contribution in [2.45, 2.75) is 17.9 Å². The first-order valence-corrected chi connectivity index (χ1v) is 12.6. The standard InChI is InChI=1S/C24H23N7O3S/c1-15-26-23(31-30-15)19-13-25-24(29-22(19)28-20(14-32)16-6-3-2-4-7-16)27-18-9-10-21-17(12-18)8-5-11-35(21,33)34/h2-10,12-13,20,32H,11,14H2,1H3,(H,26,30,31)(H2,25,27,28,29)/t20-/m1/s1. The molecule has 5 rings (SSSR count). The highest BCUT2D eigenvalue weighted by atomic mass is 32.2. The molecule has 1 atom stereocenters. The number of anilines is 3. The summed E-state index contributed by atoms with van der Waals surface area (Å²) < 4.78 is 24.5. The van der Waals surface area contributed by atoms with Gasteiger partial charge in [0.05, 0.1) is 28.9 Å². The van der Waals surface area contributed by atoms with Crippen molar-refractivity contribution < 1.29 is 13.5 Å². The molecular weight excluding hydrogens is 466 g/mol. The smallest absolute Gasteiger partial charge is 0.229 e. The molecule has 10 nitrogen and oxygen atoms in total. The lowest BCUT2D eigenvalue weighted by Gasteiger charge is -2.19. The molecule has 0 fully saturated rings. The number of sulfone groups is 1. The van der Waals surface area contributed by atoms with Gasteiger partial charge in [-0.25, -0.2) is 18.4 Å². The van der Waals surface area contributed by atoms with E-state index in [1.807, 2.05) is 30.3 Å². The molecule has 2 aromatic heterocycles. The molecule has 0 spiro atoms. The van der Waals surface area contributed by atoms with Gasteiger partial charge in [0.15, 0.2) is 15.7 Å². The van der Waals surface area contributed by atoms with Crippen LogP contribution in [-0.2, 0) is 9.84 Å². The molecule has 1 aliphatic rings. The van der Waals surface area contributed by atoms with Gasteiger partial charge in [-0.3, -0.25) is 5.10 Å². The molecule has 0 bridgehead atoms. The van der Waals surface area contributed by atoms with Gasteiger partial charge >= 0.3 is 0 Å². The number of hydrogen-bond acceptors (Lipinski definition) is 9. The maximum atomic E-state index is 12.3. The fourth-order valence-corrected chi connectivity index (χ4v) is 5.11. The molecule has 0 saturated heterocycles. The number of aryl methyl sites for hydroxylation is 1. The highest BCUT2D eigenvalue weighted by Crippen LogP contribution is 2.30. The monoisotopic (exact) mass is 489 g/mol. The number of H-pyrrole nitrogens is 1. The summed E-state index contributed by atoms with van der Waals surface area (Å²) in [6, 6.07) is 14.1.